The minimum absolute atomic E-state index is 0.0633. The first-order chi connectivity index (χ1) is 11.6. The number of rotatable bonds is 8. The van der Waals surface area contributed by atoms with Crippen LogP contribution in [0.1, 0.15) is 17.0 Å². The normalized spacial score (nSPS) is 16.2. The van der Waals surface area contributed by atoms with E-state index in [1.165, 1.54) is 5.56 Å². The third-order valence-electron chi connectivity index (χ3n) is 4.18. The van der Waals surface area contributed by atoms with Crippen LogP contribution in [-0.2, 0) is 24.2 Å². The lowest BCUT2D eigenvalue weighted by Crippen LogP contribution is -2.61. The van der Waals surface area contributed by atoms with Crippen molar-refractivity contribution in [2.24, 2.45) is 0 Å². The molecule has 1 fully saturated rings. The standard InChI is InChI=1S/C18H25N3O3/c1-21(2)11-17-8-15(20-24-17)9-18(12-23-13-18)19-10-14-4-6-16(22-3)7-5-14/h4-8,19H,9-13H2,1-3H3. The Morgan fingerprint density at radius 3 is 2.58 bits per heavy atom. The van der Waals surface area contributed by atoms with Crippen molar-refractivity contribution >= 4 is 0 Å². The van der Waals surface area contributed by atoms with Crippen LogP contribution in [0.5, 0.6) is 5.75 Å². The quantitative estimate of drug-likeness (QED) is 0.797. The first kappa shape index (κ1) is 17.0. The smallest absolute Gasteiger partial charge is 0.150 e. The van der Waals surface area contributed by atoms with Gasteiger partial charge in [0.15, 0.2) is 5.76 Å². The van der Waals surface area contributed by atoms with Gasteiger partial charge < -0.3 is 24.2 Å². The van der Waals surface area contributed by atoms with Crippen molar-refractivity contribution in [3.63, 3.8) is 0 Å². The molecular formula is C18H25N3O3. The van der Waals surface area contributed by atoms with Crippen molar-refractivity contribution in [1.82, 2.24) is 15.4 Å². The summed E-state index contributed by atoms with van der Waals surface area (Å²) in [5.74, 6) is 1.76. The van der Waals surface area contributed by atoms with Crippen molar-refractivity contribution in [3.8, 4) is 5.75 Å². The highest BCUT2D eigenvalue weighted by Crippen LogP contribution is 2.23. The zero-order chi connectivity index (χ0) is 17.0. The maximum Gasteiger partial charge on any atom is 0.150 e. The van der Waals surface area contributed by atoms with E-state index in [2.05, 4.69) is 27.5 Å². The molecule has 1 N–H and O–H groups in total. The fourth-order valence-electron chi connectivity index (χ4n) is 2.82. The number of benzene rings is 1. The number of nitrogens with zero attached hydrogens (tertiary/aromatic N) is 2. The Bertz CT molecular complexity index is 648. The van der Waals surface area contributed by atoms with Crippen LogP contribution in [0, 0.1) is 0 Å². The number of aromatic nitrogens is 1. The second kappa shape index (κ2) is 7.34. The molecule has 0 aliphatic carbocycles. The van der Waals surface area contributed by atoms with Crippen molar-refractivity contribution in [3.05, 3.63) is 47.3 Å². The number of hydrogen-bond acceptors (Lipinski definition) is 6. The highest BCUT2D eigenvalue weighted by atomic mass is 16.5. The summed E-state index contributed by atoms with van der Waals surface area (Å²) in [4.78, 5) is 2.06. The number of ether oxygens (including phenoxy) is 2. The van der Waals surface area contributed by atoms with Gasteiger partial charge in [-0.2, -0.15) is 0 Å². The molecule has 1 aliphatic heterocycles. The van der Waals surface area contributed by atoms with Gasteiger partial charge in [0.1, 0.15) is 5.75 Å². The molecule has 2 heterocycles. The molecule has 24 heavy (non-hydrogen) atoms. The molecule has 1 saturated heterocycles. The van der Waals surface area contributed by atoms with Gasteiger partial charge in [0.25, 0.3) is 0 Å². The molecule has 0 amide bonds. The summed E-state index contributed by atoms with van der Waals surface area (Å²) in [6, 6.07) is 10.1. The van der Waals surface area contributed by atoms with E-state index in [9.17, 15) is 0 Å². The van der Waals surface area contributed by atoms with E-state index < -0.39 is 0 Å². The van der Waals surface area contributed by atoms with Gasteiger partial charge in [-0.3, -0.25) is 0 Å². The third-order valence-corrected chi connectivity index (χ3v) is 4.18. The molecule has 0 bridgehead atoms. The summed E-state index contributed by atoms with van der Waals surface area (Å²) < 4.78 is 16.1. The van der Waals surface area contributed by atoms with Crippen LogP contribution >= 0.6 is 0 Å². The fraction of sp³-hybridized carbons (Fsp3) is 0.500. The molecule has 0 saturated carbocycles. The van der Waals surface area contributed by atoms with E-state index in [0.29, 0.717) is 13.2 Å². The number of hydrogen-bond donors (Lipinski definition) is 1. The fourth-order valence-corrected chi connectivity index (χ4v) is 2.82. The second-order valence-corrected chi connectivity index (χ2v) is 6.67. The summed E-state index contributed by atoms with van der Waals surface area (Å²) in [6.07, 6.45) is 0.806. The molecule has 1 aromatic carbocycles. The van der Waals surface area contributed by atoms with Crippen LogP contribution in [0.15, 0.2) is 34.9 Å². The summed E-state index contributed by atoms with van der Waals surface area (Å²) in [5.41, 5.74) is 2.12. The largest absolute Gasteiger partial charge is 0.497 e. The Kier molecular flexibility index (Phi) is 5.18. The van der Waals surface area contributed by atoms with Crippen LogP contribution in [0.2, 0.25) is 0 Å². The van der Waals surface area contributed by atoms with Gasteiger partial charge in [-0.05, 0) is 31.8 Å². The molecule has 6 nitrogen and oxygen atoms in total. The Morgan fingerprint density at radius 2 is 2.00 bits per heavy atom. The Balaban J connectivity index is 1.58. The maximum absolute atomic E-state index is 5.46. The van der Waals surface area contributed by atoms with E-state index in [1.807, 2.05) is 32.3 Å². The predicted molar refractivity (Wildman–Crippen MR) is 91.0 cm³/mol. The van der Waals surface area contributed by atoms with Crippen molar-refractivity contribution in [2.75, 3.05) is 34.4 Å². The monoisotopic (exact) mass is 331 g/mol. The summed E-state index contributed by atoms with van der Waals surface area (Å²) in [5, 5.41) is 7.83. The molecule has 1 aliphatic rings. The summed E-state index contributed by atoms with van der Waals surface area (Å²) >= 11 is 0. The molecule has 0 radical (unpaired) electrons. The van der Waals surface area contributed by atoms with Crippen molar-refractivity contribution < 1.29 is 14.0 Å². The SMILES string of the molecule is COc1ccc(CNC2(Cc3cc(CN(C)C)on3)COC2)cc1. The molecule has 0 spiro atoms. The molecule has 130 valence electrons. The Morgan fingerprint density at radius 1 is 1.25 bits per heavy atom. The first-order valence-electron chi connectivity index (χ1n) is 8.13. The van der Waals surface area contributed by atoms with Crippen LogP contribution < -0.4 is 10.1 Å². The van der Waals surface area contributed by atoms with Gasteiger partial charge in [0, 0.05) is 19.0 Å². The van der Waals surface area contributed by atoms with Gasteiger partial charge in [0.05, 0.1) is 38.1 Å². The van der Waals surface area contributed by atoms with Gasteiger partial charge >= 0.3 is 0 Å². The molecule has 0 unspecified atom stereocenters. The second-order valence-electron chi connectivity index (χ2n) is 6.67. The number of methoxy groups -OCH3 is 1. The van der Waals surface area contributed by atoms with Gasteiger partial charge in [-0.25, -0.2) is 0 Å². The molecule has 6 heteroatoms. The summed E-state index contributed by atoms with van der Waals surface area (Å²) in [6.45, 7) is 2.93. The topological polar surface area (TPSA) is 59.8 Å². The summed E-state index contributed by atoms with van der Waals surface area (Å²) in [7, 11) is 5.70. The lowest BCUT2D eigenvalue weighted by atomic mass is 9.91. The average molecular weight is 331 g/mol. The Hall–Kier alpha value is -1.89. The van der Waals surface area contributed by atoms with Crippen LogP contribution in [-0.4, -0.2) is 50.0 Å². The van der Waals surface area contributed by atoms with Crippen molar-refractivity contribution in [2.45, 2.75) is 25.0 Å². The zero-order valence-electron chi connectivity index (χ0n) is 14.5. The lowest BCUT2D eigenvalue weighted by Gasteiger charge is -2.42. The van der Waals surface area contributed by atoms with E-state index in [1.54, 1.807) is 7.11 Å². The van der Waals surface area contributed by atoms with E-state index >= 15 is 0 Å². The van der Waals surface area contributed by atoms with Crippen molar-refractivity contribution in [1.29, 1.82) is 0 Å². The minimum Gasteiger partial charge on any atom is -0.497 e. The average Bonchev–Trinajstić information content (AvgIpc) is 2.96. The van der Waals surface area contributed by atoms with Crippen LogP contribution in [0.4, 0.5) is 0 Å². The predicted octanol–water partition coefficient (Wildman–Crippen LogP) is 1.85. The third kappa shape index (κ3) is 4.14. The molecule has 2 aromatic rings. The zero-order valence-corrected chi connectivity index (χ0v) is 14.5. The van der Waals surface area contributed by atoms with Crippen LogP contribution in [0.25, 0.3) is 0 Å². The number of nitrogens with one attached hydrogen (secondary N) is 1. The maximum atomic E-state index is 5.46. The Labute approximate surface area is 142 Å². The highest BCUT2D eigenvalue weighted by molar-refractivity contribution is 5.27. The van der Waals surface area contributed by atoms with E-state index in [0.717, 1.165) is 36.7 Å². The molecule has 0 atom stereocenters. The molecule has 1 aromatic heterocycles. The van der Waals surface area contributed by atoms with Gasteiger partial charge in [0.2, 0.25) is 0 Å². The highest BCUT2D eigenvalue weighted by Gasteiger charge is 2.39. The molecule has 3 rings (SSSR count). The minimum atomic E-state index is -0.0633. The van der Waals surface area contributed by atoms with Gasteiger partial charge in [-0.1, -0.05) is 17.3 Å². The first-order valence-corrected chi connectivity index (χ1v) is 8.13. The lowest BCUT2D eigenvalue weighted by molar-refractivity contribution is -0.0755. The molecular weight excluding hydrogens is 306 g/mol. The van der Waals surface area contributed by atoms with E-state index in [4.69, 9.17) is 14.0 Å². The van der Waals surface area contributed by atoms with Crippen LogP contribution in [0.3, 0.4) is 0 Å². The van der Waals surface area contributed by atoms with E-state index in [-0.39, 0.29) is 5.54 Å². The van der Waals surface area contributed by atoms with Gasteiger partial charge in [-0.15, -0.1) is 0 Å².